The van der Waals surface area contributed by atoms with Crippen LogP contribution in [-0.2, 0) is 4.52 Å². The first-order valence-corrected chi connectivity index (χ1v) is 10.4. The van der Waals surface area contributed by atoms with E-state index in [4.69, 9.17) is 24.8 Å². The van der Waals surface area contributed by atoms with Crippen molar-refractivity contribution >= 4 is 18.5 Å². The molecule has 0 aliphatic heterocycles. The summed E-state index contributed by atoms with van der Waals surface area (Å²) in [6.07, 6.45) is 0. The molecule has 0 heterocycles. The molecule has 0 fully saturated rings. The van der Waals surface area contributed by atoms with Gasteiger partial charge in [0.1, 0.15) is 0 Å². The van der Waals surface area contributed by atoms with Gasteiger partial charge in [-0.05, 0) is 0 Å². The molecule has 0 bridgehead atoms. The van der Waals surface area contributed by atoms with Crippen LogP contribution in [-0.4, -0.2) is 6.61 Å². The Balaban J connectivity index is 2.20. The van der Waals surface area contributed by atoms with Gasteiger partial charge in [0.15, 0.2) is 0 Å². The number of hydrogen-bond donors (Lipinski definition) is 0. The summed E-state index contributed by atoms with van der Waals surface area (Å²) < 4.78 is 17.7. The summed E-state index contributed by atoms with van der Waals surface area (Å²) in [7, 11) is -3.37. The molecule has 0 N–H and O–H groups in total. The average molecular weight is 355 g/mol. The summed E-state index contributed by atoms with van der Waals surface area (Å²) in [5, 5.41) is 0. The molecule has 0 aliphatic rings. The predicted octanol–water partition coefficient (Wildman–Crippen LogP) is 6.08. The van der Waals surface area contributed by atoms with Crippen LogP contribution in [0.25, 0.3) is 0 Å². The fourth-order valence-electron chi connectivity index (χ4n) is 1.99. The zero-order chi connectivity index (χ0) is 16.9. The molecule has 0 aliphatic carbocycles. The fraction of sp³-hybridized carbons (Fsp3) is 0.333. The first-order valence-electron chi connectivity index (χ1n) is 7.70. The van der Waals surface area contributed by atoms with E-state index < -0.39 is 7.30 Å². The number of rotatable bonds is 7. The molecule has 2 rings (SSSR count). The molecule has 126 valence electrons. The first-order chi connectivity index (χ1) is 10.9. The van der Waals surface area contributed by atoms with Crippen LogP contribution < -0.4 is 9.05 Å². The van der Waals surface area contributed by atoms with Crippen molar-refractivity contribution in [2.45, 2.75) is 27.7 Å². The number of benzene rings is 2. The van der Waals surface area contributed by atoms with Crippen molar-refractivity contribution in [2.75, 3.05) is 6.61 Å². The van der Waals surface area contributed by atoms with Gasteiger partial charge < -0.3 is 0 Å². The quantitative estimate of drug-likeness (QED) is 0.564. The maximum atomic E-state index is 6.63. The summed E-state index contributed by atoms with van der Waals surface area (Å²) in [6.45, 7) is 8.60. The number of halogens is 1. The van der Waals surface area contributed by atoms with Gasteiger partial charge in [-0.3, -0.25) is 0 Å². The van der Waals surface area contributed by atoms with Gasteiger partial charge in [-0.25, -0.2) is 0 Å². The van der Waals surface area contributed by atoms with Crippen LogP contribution >= 0.6 is 18.5 Å². The topological polar surface area (TPSA) is 27.7 Å². The molecule has 0 aromatic heterocycles. The minimum absolute atomic E-state index is 0.336. The van der Waals surface area contributed by atoms with E-state index in [-0.39, 0.29) is 0 Å². The third-order valence-electron chi connectivity index (χ3n) is 3.05. The maximum absolute atomic E-state index is 6.63. The van der Waals surface area contributed by atoms with Crippen LogP contribution in [0.3, 0.4) is 0 Å². The SMILES string of the molecule is Cc1cccc(O[PH](Cl)(OCC(C)C)Oc2cccc(C)c2)c1. The van der Waals surface area contributed by atoms with Crippen LogP contribution in [0.4, 0.5) is 0 Å². The number of aryl methyl sites for hydroxylation is 2. The van der Waals surface area contributed by atoms with Gasteiger partial charge in [0.25, 0.3) is 0 Å². The summed E-state index contributed by atoms with van der Waals surface area (Å²) >= 11 is 6.63. The van der Waals surface area contributed by atoms with Crippen LogP contribution in [0.1, 0.15) is 25.0 Å². The molecule has 0 spiro atoms. The van der Waals surface area contributed by atoms with Gasteiger partial charge >= 0.3 is 143 Å². The summed E-state index contributed by atoms with van der Waals surface area (Å²) in [4.78, 5) is 0. The van der Waals surface area contributed by atoms with Gasteiger partial charge in [0.05, 0.1) is 0 Å². The standard InChI is InChI=1S/C18H24ClO3P/c1-14(2)13-20-23(19,21-17-9-5-7-15(3)11-17)22-18-10-6-8-16(4)12-18/h5-12,14,23H,13H2,1-4H3. The van der Waals surface area contributed by atoms with Crippen molar-refractivity contribution in [1.82, 2.24) is 0 Å². The summed E-state index contributed by atoms with van der Waals surface area (Å²) in [5.41, 5.74) is 2.19. The van der Waals surface area contributed by atoms with Crippen molar-refractivity contribution in [3.05, 3.63) is 59.7 Å². The van der Waals surface area contributed by atoms with Crippen LogP contribution in [0.5, 0.6) is 11.5 Å². The molecule has 0 amide bonds. The molecule has 23 heavy (non-hydrogen) atoms. The Hall–Kier alpha value is -1.28. The molecule has 0 unspecified atom stereocenters. The Morgan fingerprint density at radius 1 is 0.913 bits per heavy atom. The molecular weight excluding hydrogens is 331 g/mol. The van der Waals surface area contributed by atoms with Crippen molar-refractivity contribution < 1.29 is 13.6 Å². The fourth-order valence-corrected chi connectivity index (χ4v) is 4.22. The molecule has 0 radical (unpaired) electrons. The van der Waals surface area contributed by atoms with Crippen molar-refractivity contribution in [1.29, 1.82) is 0 Å². The Kier molecular flexibility index (Phi) is 6.29. The van der Waals surface area contributed by atoms with E-state index in [1.54, 1.807) is 0 Å². The Morgan fingerprint density at radius 3 is 1.78 bits per heavy atom. The van der Waals surface area contributed by atoms with Gasteiger partial charge in [-0.2, -0.15) is 0 Å². The van der Waals surface area contributed by atoms with E-state index in [1.165, 1.54) is 0 Å². The van der Waals surface area contributed by atoms with Gasteiger partial charge in [-0.1, -0.05) is 0 Å². The van der Waals surface area contributed by atoms with E-state index >= 15 is 0 Å². The third-order valence-corrected chi connectivity index (χ3v) is 5.31. The summed E-state index contributed by atoms with van der Waals surface area (Å²) in [6, 6.07) is 15.4. The molecule has 0 atom stereocenters. The molecule has 3 nitrogen and oxygen atoms in total. The summed E-state index contributed by atoms with van der Waals surface area (Å²) in [5.74, 6) is 1.65. The van der Waals surface area contributed by atoms with Gasteiger partial charge in [0.2, 0.25) is 0 Å². The molecule has 2 aromatic rings. The molecule has 0 saturated carbocycles. The minimum atomic E-state index is -3.37. The molecule has 5 heteroatoms. The predicted molar refractivity (Wildman–Crippen MR) is 98.6 cm³/mol. The second-order valence-electron chi connectivity index (χ2n) is 6.02. The van der Waals surface area contributed by atoms with Gasteiger partial charge in [-0.15, -0.1) is 0 Å². The van der Waals surface area contributed by atoms with E-state index in [9.17, 15) is 0 Å². The van der Waals surface area contributed by atoms with Crippen LogP contribution in [0.2, 0.25) is 0 Å². The van der Waals surface area contributed by atoms with Crippen molar-refractivity contribution in [3.8, 4) is 11.5 Å². The second-order valence-corrected chi connectivity index (χ2v) is 9.07. The zero-order valence-electron chi connectivity index (χ0n) is 14.0. The van der Waals surface area contributed by atoms with E-state index in [0.29, 0.717) is 24.0 Å². The van der Waals surface area contributed by atoms with Crippen molar-refractivity contribution in [3.63, 3.8) is 0 Å². The number of hydrogen-bond acceptors (Lipinski definition) is 3. The second kappa shape index (κ2) is 8.01. The Morgan fingerprint density at radius 2 is 1.39 bits per heavy atom. The van der Waals surface area contributed by atoms with Crippen LogP contribution in [0.15, 0.2) is 48.5 Å². The Labute approximate surface area is 143 Å². The average Bonchev–Trinajstić information content (AvgIpc) is 2.45. The zero-order valence-corrected chi connectivity index (χ0v) is 15.8. The van der Waals surface area contributed by atoms with E-state index in [1.807, 2.05) is 62.4 Å². The van der Waals surface area contributed by atoms with E-state index in [2.05, 4.69) is 13.8 Å². The first kappa shape index (κ1) is 18.1. The molecular formula is C18H24ClO3P. The third kappa shape index (κ3) is 6.02. The van der Waals surface area contributed by atoms with E-state index in [0.717, 1.165) is 11.1 Å². The molecule has 2 aromatic carbocycles. The van der Waals surface area contributed by atoms with Gasteiger partial charge in [0, 0.05) is 0 Å². The Bertz CT molecular complexity index is 598. The normalized spacial score (nSPS) is 12.3. The monoisotopic (exact) mass is 354 g/mol. The van der Waals surface area contributed by atoms with Crippen LogP contribution in [0, 0.1) is 19.8 Å². The molecule has 0 saturated heterocycles. The van der Waals surface area contributed by atoms with Crippen molar-refractivity contribution in [2.24, 2.45) is 5.92 Å².